The van der Waals surface area contributed by atoms with E-state index in [9.17, 15) is 0 Å². The van der Waals surface area contributed by atoms with Crippen molar-refractivity contribution in [3.63, 3.8) is 0 Å². The number of nitrogens with one attached hydrogen (secondary N) is 1. The van der Waals surface area contributed by atoms with E-state index in [1.165, 1.54) is 25.7 Å². The number of hydrogen-bond donors (Lipinski definition) is 1. The second kappa shape index (κ2) is 4.98. The predicted molar refractivity (Wildman–Crippen MR) is 78.7 cm³/mol. The molecule has 104 valence electrons. The maximum Gasteiger partial charge on any atom is 0.180 e. The van der Waals surface area contributed by atoms with E-state index in [0.717, 1.165) is 30.1 Å². The highest BCUT2D eigenvalue weighted by molar-refractivity contribution is 5.71. The lowest BCUT2D eigenvalue weighted by molar-refractivity contribution is 0.576. The van der Waals surface area contributed by atoms with Gasteiger partial charge in [-0.05, 0) is 44.4 Å². The Morgan fingerprint density at radius 2 is 2.05 bits per heavy atom. The van der Waals surface area contributed by atoms with E-state index in [-0.39, 0.29) is 0 Å². The summed E-state index contributed by atoms with van der Waals surface area (Å²) in [6.07, 6.45) is 8.56. The Kier molecular flexibility index (Phi) is 2.99. The molecule has 1 aliphatic carbocycles. The van der Waals surface area contributed by atoms with Gasteiger partial charge in [-0.15, -0.1) is 0 Å². The molecule has 20 heavy (non-hydrogen) atoms. The van der Waals surface area contributed by atoms with Crippen LogP contribution in [0.2, 0.25) is 0 Å². The van der Waals surface area contributed by atoms with Crippen LogP contribution in [0.4, 0.5) is 5.82 Å². The molecule has 5 nitrogen and oxygen atoms in total. The van der Waals surface area contributed by atoms with Crippen LogP contribution in [-0.4, -0.2) is 40.1 Å². The fourth-order valence-electron chi connectivity index (χ4n) is 2.97. The first-order valence-corrected chi connectivity index (χ1v) is 7.48. The third-order valence-electron chi connectivity index (χ3n) is 4.18. The van der Waals surface area contributed by atoms with Crippen LogP contribution in [-0.2, 0) is 0 Å². The van der Waals surface area contributed by atoms with E-state index < -0.39 is 0 Å². The minimum atomic E-state index is 0.606. The Hall–Kier alpha value is -1.75. The van der Waals surface area contributed by atoms with Crippen molar-refractivity contribution in [2.45, 2.75) is 37.8 Å². The molecule has 4 rings (SSSR count). The third kappa shape index (κ3) is 2.33. The molecule has 0 bridgehead atoms. The van der Waals surface area contributed by atoms with Crippen LogP contribution in [0.3, 0.4) is 0 Å². The molecule has 0 amide bonds. The molecule has 1 saturated heterocycles. The SMILES string of the molecule is c1cnc2nc(N(CC3CCCN3)C3CC3)ccc2n1. The molecule has 2 aliphatic rings. The van der Waals surface area contributed by atoms with E-state index in [1.54, 1.807) is 12.4 Å². The Morgan fingerprint density at radius 3 is 2.85 bits per heavy atom. The minimum absolute atomic E-state index is 0.606. The van der Waals surface area contributed by atoms with E-state index in [2.05, 4.69) is 26.3 Å². The van der Waals surface area contributed by atoms with Crippen molar-refractivity contribution in [1.82, 2.24) is 20.3 Å². The van der Waals surface area contributed by atoms with Gasteiger partial charge in [-0.3, -0.25) is 4.98 Å². The highest BCUT2D eigenvalue weighted by Gasteiger charge is 2.32. The Morgan fingerprint density at radius 1 is 1.15 bits per heavy atom. The standard InChI is InChI=1S/C15H19N5/c1-2-11(16-7-1)10-20(12-3-4-12)14-6-5-13-15(19-14)18-9-8-17-13/h5-6,8-9,11-12,16H,1-4,7,10H2. The number of hydrogen-bond acceptors (Lipinski definition) is 5. The Balaban J connectivity index is 1.63. The van der Waals surface area contributed by atoms with Gasteiger partial charge >= 0.3 is 0 Å². The van der Waals surface area contributed by atoms with E-state index >= 15 is 0 Å². The van der Waals surface area contributed by atoms with Crippen LogP contribution in [0.25, 0.3) is 11.2 Å². The largest absolute Gasteiger partial charge is 0.352 e. The molecule has 2 fully saturated rings. The van der Waals surface area contributed by atoms with Crippen molar-refractivity contribution in [1.29, 1.82) is 0 Å². The minimum Gasteiger partial charge on any atom is -0.352 e. The van der Waals surface area contributed by atoms with Gasteiger partial charge in [0.15, 0.2) is 5.65 Å². The molecule has 1 aliphatic heterocycles. The zero-order valence-electron chi connectivity index (χ0n) is 11.5. The van der Waals surface area contributed by atoms with Gasteiger partial charge < -0.3 is 10.2 Å². The summed E-state index contributed by atoms with van der Waals surface area (Å²) in [4.78, 5) is 15.8. The van der Waals surface area contributed by atoms with Gasteiger partial charge in [-0.2, -0.15) is 0 Å². The van der Waals surface area contributed by atoms with Crippen molar-refractivity contribution in [3.05, 3.63) is 24.5 Å². The Labute approximate surface area is 118 Å². The summed E-state index contributed by atoms with van der Waals surface area (Å²) in [6, 6.07) is 5.39. The van der Waals surface area contributed by atoms with Gasteiger partial charge in [0.25, 0.3) is 0 Å². The summed E-state index contributed by atoms with van der Waals surface area (Å²) in [7, 11) is 0. The molecular formula is C15H19N5. The molecule has 0 aromatic carbocycles. The quantitative estimate of drug-likeness (QED) is 0.916. The van der Waals surface area contributed by atoms with Crippen molar-refractivity contribution in [3.8, 4) is 0 Å². The number of aromatic nitrogens is 3. The molecule has 1 unspecified atom stereocenters. The van der Waals surface area contributed by atoms with Crippen LogP contribution in [0, 0.1) is 0 Å². The van der Waals surface area contributed by atoms with Gasteiger partial charge in [0.2, 0.25) is 0 Å². The molecule has 0 radical (unpaired) electrons. The van der Waals surface area contributed by atoms with Gasteiger partial charge in [-0.1, -0.05) is 0 Å². The summed E-state index contributed by atoms with van der Waals surface area (Å²) < 4.78 is 0. The highest BCUT2D eigenvalue weighted by atomic mass is 15.3. The van der Waals surface area contributed by atoms with Gasteiger partial charge in [0, 0.05) is 31.0 Å². The smallest absolute Gasteiger partial charge is 0.180 e. The second-order valence-electron chi connectivity index (χ2n) is 5.75. The molecule has 2 aromatic rings. The zero-order chi connectivity index (χ0) is 13.4. The lowest BCUT2D eigenvalue weighted by Crippen LogP contribution is -2.39. The van der Waals surface area contributed by atoms with Gasteiger partial charge in [0.05, 0.1) is 0 Å². The fourth-order valence-corrected chi connectivity index (χ4v) is 2.97. The summed E-state index contributed by atoms with van der Waals surface area (Å²) in [5.74, 6) is 1.05. The monoisotopic (exact) mass is 269 g/mol. The van der Waals surface area contributed by atoms with Crippen LogP contribution in [0.5, 0.6) is 0 Å². The van der Waals surface area contributed by atoms with Crippen LogP contribution in [0.15, 0.2) is 24.5 Å². The molecule has 1 N–H and O–H groups in total. The summed E-state index contributed by atoms with van der Waals surface area (Å²) in [5, 5.41) is 3.58. The lowest BCUT2D eigenvalue weighted by atomic mass is 10.2. The number of pyridine rings is 1. The average molecular weight is 269 g/mol. The fraction of sp³-hybridized carbons (Fsp3) is 0.533. The number of rotatable bonds is 4. The van der Waals surface area contributed by atoms with Crippen molar-refractivity contribution in [2.24, 2.45) is 0 Å². The molecule has 0 spiro atoms. The highest BCUT2D eigenvalue weighted by Crippen LogP contribution is 2.31. The van der Waals surface area contributed by atoms with Gasteiger partial charge in [-0.25, -0.2) is 9.97 Å². The topological polar surface area (TPSA) is 53.9 Å². The Bertz CT molecular complexity index is 604. The average Bonchev–Trinajstić information content (AvgIpc) is 3.21. The normalized spacial score (nSPS) is 22.3. The third-order valence-corrected chi connectivity index (χ3v) is 4.18. The second-order valence-corrected chi connectivity index (χ2v) is 5.75. The van der Waals surface area contributed by atoms with Crippen LogP contribution in [0.1, 0.15) is 25.7 Å². The molecule has 3 heterocycles. The van der Waals surface area contributed by atoms with Gasteiger partial charge in [0.1, 0.15) is 11.3 Å². The maximum atomic E-state index is 4.70. The summed E-state index contributed by atoms with van der Waals surface area (Å²) >= 11 is 0. The van der Waals surface area contributed by atoms with Crippen molar-refractivity contribution in [2.75, 3.05) is 18.0 Å². The molecular weight excluding hydrogens is 250 g/mol. The molecule has 2 aromatic heterocycles. The summed E-state index contributed by atoms with van der Waals surface area (Å²) in [5.41, 5.74) is 1.61. The van der Waals surface area contributed by atoms with Crippen LogP contribution < -0.4 is 10.2 Å². The first-order chi connectivity index (χ1) is 9.90. The molecule has 5 heteroatoms. The molecule has 1 saturated carbocycles. The van der Waals surface area contributed by atoms with E-state index in [0.29, 0.717) is 12.1 Å². The van der Waals surface area contributed by atoms with E-state index in [1.807, 2.05) is 6.07 Å². The number of nitrogens with zero attached hydrogens (tertiary/aromatic N) is 4. The first-order valence-electron chi connectivity index (χ1n) is 7.48. The van der Waals surface area contributed by atoms with Crippen molar-refractivity contribution < 1.29 is 0 Å². The summed E-state index contributed by atoms with van der Waals surface area (Å²) in [6.45, 7) is 2.21. The first kappa shape index (κ1) is 12.0. The number of anilines is 1. The predicted octanol–water partition coefficient (Wildman–Crippen LogP) is 1.75. The van der Waals surface area contributed by atoms with E-state index in [4.69, 9.17) is 4.98 Å². The van der Waals surface area contributed by atoms with Crippen molar-refractivity contribution >= 4 is 17.0 Å². The molecule has 1 atom stereocenters. The zero-order valence-corrected chi connectivity index (χ0v) is 11.5. The maximum absolute atomic E-state index is 4.70. The number of fused-ring (bicyclic) bond motifs is 1. The van der Waals surface area contributed by atoms with Crippen LogP contribution >= 0.6 is 0 Å². The lowest BCUT2D eigenvalue weighted by Gasteiger charge is -2.26.